The van der Waals surface area contributed by atoms with E-state index in [0.717, 1.165) is 4.90 Å². The molecule has 0 bridgehead atoms. The molecule has 1 aliphatic rings. The van der Waals surface area contributed by atoms with E-state index in [-0.39, 0.29) is 11.6 Å². The lowest BCUT2D eigenvalue weighted by molar-refractivity contribution is -0.387. The molecule has 25 heavy (non-hydrogen) atoms. The molecule has 0 atom stereocenters. The van der Waals surface area contributed by atoms with Gasteiger partial charge in [-0.25, -0.2) is 0 Å². The van der Waals surface area contributed by atoms with Crippen molar-refractivity contribution in [2.75, 3.05) is 5.75 Å². The van der Waals surface area contributed by atoms with Gasteiger partial charge in [-0.2, -0.15) is 5.10 Å². The molecule has 0 unspecified atom stereocenters. The van der Waals surface area contributed by atoms with Crippen LogP contribution >= 0.6 is 23.5 Å². The van der Waals surface area contributed by atoms with E-state index < -0.39 is 4.92 Å². The van der Waals surface area contributed by atoms with Crippen LogP contribution < -0.4 is 5.32 Å². The van der Waals surface area contributed by atoms with Gasteiger partial charge in [0.05, 0.1) is 21.8 Å². The van der Waals surface area contributed by atoms with Crippen molar-refractivity contribution in [1.82, 2.24) is 5.32 Å². The Kier molecular flexibility index (Phi) is 5.46. The van der Waals surface area contributed by atoms with Gasteiger partial charge in [-0.05, 0) is 18.2 Å². The lowest BCUT2D eigenvalue weighted by Gasteiger charge is -2.03. The summed E-state index contributed by atoms with van der Waals surface area (Å²) >= 11 is 2.59. The number of carbonyl (C=O) groups excluding carboxylic acids is 1. The third kappa shape index (κ3) is 4.68. The third-order valence-corrected chi connectivity index (χ3v) is 5.03. The highest BCUT2D eigenvalue weighted by molar-refractivity contribution is 8.15. The molecule has 0 saturated carbocycles. The lowest BCUT2D eigenvalue weighted by atomic mass is 10.2. The minimum atomic E-state index is -0.415. The standard InChI is InChI=1S/C16H12N4O3S2/c21-15-10-24-16(18-15)19-17-9-11-6-7-14(13(8-11)20(22)23)25-12-4-2-1-3-5-12/h1-9H,10H2,(H,18,19,21). The molecule has 0 radical (unpaired) electrons. The molecule has 1 heterocycles. The summed E-state index contributed by atoms with van der Waals surface area (Å²) in [5.74, 6) is 0.211. The molecule has 0 aromatic heterocycles. The summed E-state index contributed by atoms with van der Waals surface area (Å²) in [5, 5.41) is 22.1. The van der Waals surface area contributed by atoms with Crippen molar-refractivity contribution in [1.29, 1.82) is 0 Å². The Morgan fingerprint density at radius 1 is 1.24 bits per heavy atom. The van der Waals surface area contributed by atoms with Crippen LogP contribution in [0.2, 0.25) is 0 Å². The summed E-state index contributed by atoms with van der Waals surface area (Å²) in [6.07, 6.45) is 1.42. The Labute approximate surface area is 151 Å². The molecular formula is C16H12N4O3S2. The van der Waals surface area contributed by atoms with Gasteiger partial charge < -0.3 is 5.32 Å². The maximum absolute atomic E-state index is 11.4. The van der Waals surface area contributed by atoms with E-state index in [1.54, 1.807) is 12.1 Å². The number of nitrogens with one attached hydrogen (secondary N) is 1. The Hall–Kier alpha value is -2.65. The quantitative estimate of drug-likeness (QED) is 0.493. The molecule has 1 saturated heterocycles. The Bertz CT molecular complexity index is 869. The summed E-state index contributed by atoms with van der Waals surface area (Å²) < 4.78 is 0. The molecule has 7 nitrogen and oxygen atoms in total. The van der Waals surface area contributed by atoms with Gasteiger partial charge in [0.2, 0.25) is 5.91 Å². The number of amides is 1. The molecule has 2 aromatic rings. The number of nitro groups is 1. The van der Waals surface area contributed by atoms with Crippen LogP contribution in [0.25, 0.3) is 0 Å². The van der Waals surface area contributed by atoms with Gasteiger partial charge in [0, 0.05) is 16.5 Å². The van der Waals surface area contributed by atoms with E-state index in [4.69, 9.17) is 0 Å². The van der Waals surface area contributed by atoms with E-state index >= 15 is 0 Å². The van der Waals surface area contributed by atoms with Crippen molar-refractivity contribution in [3.05, 3.63) is 64.2 Å². The van der Waals surface area contributed by atoms with Crippen molar-refractivity contribution in [3.8, 4) is 0 Å². The van der Waals surface area contributed by atoms with E-state index in [9.17, 15) is 14.9 Å². The van der Waals surface area contributed by atoms with Crippen molar-refractivity contribution < 1.29 is 9.72 Å². The van der Waals surface area contributed by atoms with Crippen LogP contribution in [0, 0.1) is 10.1 Å². The summed E-state index contributed by atoms with van der Waals surface area (Å²) in [6, 6.07) is 14.3. The zero-order valence-corrected chi connectivity index (χ0v) is 14.4. The Balaban J connectivity index is 1.79. The van der Waals surface area contributed by atoms with Gasteiger partial charge in [-0.3, -0.25) is 14.9 Å². The van der Waals surface area contributed by atoms with Gasteiger partial charge in [0.25, 0.3) is 5.69 Å². The van der Waals surface area contributed by atoms with E-state index in [0.29, 0.717) is 21.4 Å². The van der Waals surface area contributed by atoms with E-state index in [1.807, 2.05) is 30.3 Å². The average molecular weight is 372 g/mol. The van der Waals surface area contributed by atoms with Crippen molar-refractivity contribution in [2.45, 2.75) is 9.79 Å². The highest BCUT2D eigenvalue weighted by Gasteiger charge is 2.17. The first kappa shape index (κ1) is 17.2. The molecule has 126 valence electrons. The summed E-state index contributed by atoms with van der Waals surface area (Å²) in [7, 11) is 0. The number of hydrogen-bond donors (Lipinski definition) is 1. The van der Waals surface area contributed by atoms with Crippen molar-refractivity contribution in [2.24, 2.45) is 10.2 Å². The second-order valence-corrected chi connectivity index (χ2v) is 6.97. The van der Waals surface area contributed by atoms with Crippen LogP contribution in [0.4, 0.5) is 5.69 Å². The molecule has 0 spiro atoms. The molecule has 3 rings (SSSR count). The molecule has 1 aliphatic heterocycles. The minimum Gasteiger partial charge on any atom is -0.303 e. The SMILES string of the molecule is O=C1CSC(=NN=Cc2ccc(Sc3ccccc3)c([N+](=O)[O-])c2)N1. The smallest absolute Gasteiger partial charge is 0.283 e. The predicted molar refractivity (Wildman–Crippen MR) is 99.3 cm³/mol. The Morgan fingerprint density at radius 2 is 2.04 bits per heavy atom. The molecule has 1 fully saturated rings. The molecule has 0 aliphatic carbocycles. The second-order valence-electron chi connectivity index (χ2n) is 4.89. The number of rotatable bonds is 5. The molecule has 1 N–H and O–H groups in total. The fraction of sp³-hybridized carbons (Fsp3) is 0.0625. The fourth-order valence-corrected chi connectivity index (χ4v) is 3.54. The van der Waals surface area contributed by atoms with Crippen LogP contribution in [0.15, 0.2) is 68.5 Å². The average Bonchev–Trinajstić information content (AvgIpc) is 3.02. The second kappa shape index (κ2) is 7.95. The topological polar surface area (TPSA) is 97.0 Å². The summed E-state index contributed by atoms with van der Waals surface area (Å²) in [4.78, 5) is 23.5. The van der Waals surface area contributed by atoms with Crippen LogP contribution in [0.1, 0.15) is 5.56 Å². The van der Waals surface area contributed by atoms with Gasteiger partial charge in [-0.15, -0.1) is 5.10 Å². The largest absolute Gasteiger partial charge is 0.303 e. The number of hydrogen-bond acceptors (Lipinski definition) is 7. The normalized spacial score (nSPS) is 15.7. The lowest BCUT2D eigenvalue weighted by Crippen LogP contribution is -2.19. The van der Waals surface area contributed by atoms with Crippen molar-refractivity contribution >= 4 is 46.5 Å². The van der Waals surface area contributed by atoms with Crippen LogP contribution in [-0.2, 0) is 4.79 Å². The minimum absolute atomic E-state index is 0.00833. The van der Waals surface area contributed by atoms with E-state index in [2.05, 4.69) is 15.5 Å². The molecule has 9 heteroatoms. The number of amidine groups is 1. The number of nitrogens with zero attached hydrogens (tertiary/aromatic N) is 3. The first-order valence-corrected chi connectivity index (χ1v) is 8.97. The molecule has 2 aromatic carbocycles. The number of carbonyl (C=O) groups is 1. The van der Waals surface area contributed by atoms with E-state index in [1.165, 1.54) is 35.8 Å². The summed E-state index contributed by atoms with van der Waals surface area (Å²) in [5.41, 5.74) is 0.566. The number of thioether (sulfide) groups is 1. The van der Waals surface area contributed by atoms with Crippen LogP contribution in [0.3, 0.4) is 0 Å². The molecule has 1 amide bonds. The third-order valence-electron chi connectivity index (χ3n) is 3.09. The zero-order chi connectivity index (χ0) is 17.6. The number of benzene rings is 2. The monoisotopic (exact) mass is 372 g/mol. The number of nitro benzene ring substituents is 1. The fourth-order valence-electron chi connectivity index (χ4n) is 1.99. The zero-order valence-electron chi connectivity index (χ0n) is 12.8. The van der Waals surface area contributed by atoms with Gasteiger partial charge >= 0.3 is 0 Å². The predicted octanol–water partition coefficient (Wildman–Crippen LogP) is 3.30. The van der Waals surface area contributed by atoms with Crippen molar-refractivity contribution in [3.63, 3.8) is 0 Å². The molecular weight excluding hydrogens is 360 g/mol. The maximum Gasteiger partial charge on any atom is 0.283 e. The first-order valence-electron chi connectivity index (χ1n) is 7.17. The van der Waals surface area contributed by atoms with Gasteiger partial charge in [-0.1, -0.05) is 47.8 Å². The van der Waals surface area contributed by atoms with Gasteiger partial charge in [0.15, 0.2) is 5.17 Å². The summed E-state index contributed by atoms with van der Waals surface area (Å²) in [6.45, 7) is 0. The van der Waals surface area contributed by atoms with Crippen LogP contribution in [0.5, 0.6) is 0 Å². The first-order chi connectivity index (χ1) is 12.1. The maximum atomic E-state index is 11.4. The van der Waals surface area contributed by atoms with Crippen LogP contribution in [-0.4, -0.2) is 28.0 Å². The Morgan fingerprint density at radius 3 is 2.72 bits per heavy atom. The highest BCUT2D eigenvalue weighted by atomic mass is 32.2. The highest BCUT2D eigenvalue weighted by Crippen LogP contribution is 2.34. The van der Waals surface area contributed by atoms with Gasteiger partial charge in [0.1, 0.15) is 0 Å².